The van der Waals surface area contributed by atoms with Gasteiger partial charge in [-0.05, 0) is 54.8 Å². The van der Waals surface area contributed by atoms with Gasteiger partial charge in [0.05, 0.1) is 12.8 Å². The van der Waals surface area contributed by atoms with Crippen LogP contribution in [0.25, 0.3) is 11.3 Å². The van der Waals surface area contributed by atoms with Gasteiger partial charge in [-0.3, -0.25) is 4.79 Å². The first kappa shape index (κ1) is 14.9. The highest BCUT2D eigenvalue weighted by Crippen LogP contribution is 2.25. The molecule has 0 bridgehead atoms. The number of methoxy groups -OCH3 is 1. The Hall–Kier alpha value is -2.54. The van der Waals surface area contributed by atoms with Crippen molar-refractivity contribution >= 4 is 0 Å². The van der Waals surface area contributed by atoms with Gasteiger partial charge in [-0.2, -0.15) is 5.26 Å². The van der Waals surface area contributed by atoms with Gasteiger partial charge >= 0.3 is 0 Å². The molecule has 4 heteroatoms. The van der Waals surface area contributed by atoms with Crippen LogP contribution in [0.4, 0.5) is 0 Å². The summed E-state index contributed by atoms with van der Waals surface area (Å²) in [5, 5.41) is 9.01. The molecule has 0 unspecified atom stereocenters. The van der Waals surface area contributed by atoms with E-state index in [0.29, 0.717) is 6.54 Å². The van der Waals surface area contributed by atoms with E-state index in [1.165, 1.54) is 0 Å². The molecule has 0 spiro atoms. The second kappa shape index (κ2) is 6.27. The number of ether oxygens (including phenoxy) is 1. The molecule has 4 nitrogen and oxygen atoms in total. The van der Waals surface area contributed by atoms with Crippen LogP contribution >= 0.6 is 0 Å². The summed E-state index contributed by atoms with van der Waals surface area (Å²) in [5.74, 6) is 0.816. The number of rotatable bonds is 4. The molecule has 1 aromatic heterocycles. The lowest BCUT2D eigenvalue weighted by molar-refractivity contribution is 0.412. The third-order valence-electron chi connectivity index (χ3n) is 3.43. The fourth-order valence-electron chi connectivity index (χ4n) is 2.40. The van der Waals surface area contributed by atoms with E-state index in [9.17, 15) is 4.79 Å². The van der Waals surface area contributed by atoms with E-state index in [1.54, 1.807) is 17.7 Å². The maximum absolute atomic E-state index is 12.3. The van der Waals surface area contributed by atoms with Crippen LogP contribution in [-0.4, -0.2) is 11.7 Å². The van der Waals surface area contributed by atoms with Gasteiger partial charge in [-0.1, -0.05) is 6.92 Å². The molecule has 0 aliphatic heterocycles. The molecule has 0 aliphatic carbocycles. The number of aryl methyl sites for hydroxylation is 1. The Morgan fingerprint density at radius 3 is 2.62 bits per heavy atom. The predicted molar refractivity (Wildman–Crippen MR) is 82.4 cm³/mol. The highest BCUT2D eigenvalue weighted by molar-refractivity contribution is 5.63. The minimum Gasteiger partial charge on any atom is -0.496 e. The summed E-state index contributed by atoms with van der Waals surface area (Å²) in [6.45, 7) is 4.57. The first-order chi connectivity index (χ1) is 10.1. The van der Waals surface area contributed by atoms with E-state index in [2.05, 4.69) is 0 Å². The highest BCUT2D eigenvalue weighted by atomic mass is 16.5. The molecule has 0 radical (unpaired) electrons. The highest BCUT2D eigenvalue weighted by Gasteiger charge is 2.11. The minimum atomic E-state index is -0.231. The van der Waals surface area contributed by atoms with Crippen LogP contribution in [0.5, 0.6) is 5.75 Å². The first-order valence-corrected chi connectivity index (χ1v) is 6.91. The van der Waals surface area contributed by atoms with E-state index in [1.807, 2.05) is 44.2 Å². The van der Waals surface area contributed by atoms with Crippen molar-refractivity contribution in [3.05, 3.63) is 51.8 Å². The molecular formula is C17H18N2O2. The normalized spacial score (nSPS) is 10.2. The Kier molecular flexibility index (Phi) is 4.44. The second-order valence-electron chi connectivity index (χ2n) is 4.89. The van der Waals surface area contributed by atoms with E-state index >= 15 is 0 Å². The Labute approximate surface area is 124 Å². The zero-order valence-electron chi connectivity index (χ0n) is 12.5. The van der Waals surface area contributed by atoms with Crippen molar-refractivity contribution in [2.75, 3.05) is 7.11 Å². The molecule has 1 aromatic carbocycles. The Morgan fingerprint density at radius 2 is 2.05 bits per heavy atom. The van der Waals surface area contributed by atoms with E-state index < -0.39 is 0 Å². The third-order valence-corrected chi connectivity index (χ3v) is 3.43. The molecule has 0 aliphatic rings. The molecule has 0 N–H and O–H groups in total. The van der Waals surface area contributed by atoms with Crippen molar-refractivity contribution in [1.29, 1.82) is 5.26 Å². The van der Waals surface area contributed by atoms with Gasteiger partial charge in [-0.15, -0.1) is 0 Å². The molecule has 1 heterocycles. The number of hydrogen-bond donors (Lipinski definition) is 0. The Bertz CT molecular complexity index is 754. The summed E-state index contributed by atoms with van der Waals surface area (Å²) in [5.41, 5.74) is 2.73. The van der Waals surface area contributed by atoms with Gasteiger partial charge in [0.2, 0.25) is 0 Å². The average Bonchev–Trinajstić information content (AvgIpc) is 2.49. The monoisotopic (exact) mass is 282 g/mol. The molecule has 0 fully saturated rings. The average molecular weight is 282 g/mol. The number of nitriles is 1. The molecule has 2 aromatic rings. The Balaban J connectivity index is 2.64. The van der Waals surface area contributed by atoms with Crippen LogP contribution in [0.2, 0.25) is 0 Å². The SMILES string of the molecule is CCCn1c(-c2ccc(OC)c(C)c2)ccc(C#N)c1=O. The summed E-state index contributed by atoms with van der Waals surface area (Å²) in [6.07, 6.45) is 0.830. The summed E-state index contributed by atoms with van der Waals surface area (Å²) in [6, 6.07) is 11.2. The van der Waals surface area contributed by atoms with Gasteiger partial charge in [-0.25, -0.2) is 0 Å². The minimum absolute atomic E-state index is 0.178. The molecule has 21 heavy (non-hydrogen) atoms. The lowest BCUT2D eigenvalue weighted by atomic mass is 10.1. The summed E-state index contributed by atoms with van der Waals surface area (Å²) in [7, 11) is 1.64. The van der Waals surface area contributed by atoms with Gasteiger partial charge < -0.3 is 9.30 Å². The van der Waals surface area contributed by atoms with Crippen molar-refractivity contribution in [2.45, 2.75) is 26.8 Å². The van der Waals surface area contributed by atoms with Crippen molar-refractivity contribution in [2.24, 2.45) is 0 Å². The number of pyridine rings is 1. The lowest BCUT2D eigenvalue weighted by Crippen LogP contribution is -2.23. The quantitative estimate of drug-likeness (QED) is 0.865. The summed E-state index contributed by atoms with van der Waals surface area (Å²) >= 11 is 0. The lowest BCUT2D eigenvalue weighted by Gasteiger charge is -2.14. The van der Waals surface area contributed by atoms with Crippen molar-refractivity contribution < 1.29 is 4.74 Å². The molecular weight excluding hydrogens is 264 g/mol. The Morgan fingerprint density at radius 1 is 1.29 bits per heavy atom. The fourth-order valence-corrected chi connectivity index (χ4v) is 2.40. The molecule has 0 saturated heterocycles. The zero-order chi connectivity index (χ0) is 15.4. The number of hydrogen-bond acceptors (Lipinski definition) is 3. The van der Waals surface area contributed by atoms with E-state index in [0.717, 1.165) is 29.0 Å². The summed E-state index contributed by atoms with van der Waals surface area (Å²) in [4.78, 5) is 12.3. The van der Waals surface area contributed by atoms with Crippen molar-refractivity contribution in [3.8, 4) is 23.1 Å². The van der Waals surface area contributed by atoms with Crippen LogP contribution in [0.15, 0.2) is 35.1 Å². The molecule has 2 rings (SSSR count). The van der Waals surface area contributed by atoms with Crippen LogP contribution in [0, 0.1) is 18.3 Å². The maximum Gasteiger partial charge on any atom is 0.268 e. The fraction of sp³-hybridized carbons (Fsp3) is 0.294. The molecule has 0 saturated carbocycles. The van der Waals surface area contributed by atoms with Gasteiger partial charge in [0.1, 0.15) is 17.4 Å². The topological polar surface area (TPSA) is 55.0 Å². The van der Waals surface area contributed by atoms with Gasteiger partial charge in [0, 0.05) is 6.54 Å². The standard InChI is InChI=1S/C17H18N2O2/c1-4-9-19-15(7-5-14(11-18)17(19)20)13-6-8-16(21-3)12(2)10-13/h5-8,10H,4,9H2,1-3H3. The smallest absolute Gasteiger partial charge is 0.268 e. The van der Waals surface area contributed by atoms with Crippen LogP contribution < -0.4 is 10.3 Å². The van der Waals surface area contributed by atoms with Crippen LogP contribution in [0.1, 0.15) is 24.5 Å². The molecule has 0 amide bonds. The van der Waals surface area contributed by atoms with Gasteiger partial charge in [0.15, 0.2) is 0 Å². The van der Waals surface area contributed by atoms with Crippen LogP contribution in [-0.2, 0) is 6.54 Å². The maximum atomic E-state index is 12.3. The van der Waals surface area contributed by atoms with Crippen molar-refractivity contribution in [1.82, 2.24) is 4.57 Å². The largest absolute Gasteiger partial charge is 0.496 e. The van der Waals surface area contributed by atoms with Crippen molar-refractivity contribution in [3.63, 3.8) is 0 Å². The zero-order valence-corrected chi connectivity index (χ0v) is 12.5. The summed E-state index contributed by atoms with van der Waals surface area (Å²) < 4.78 is 6.93. The van der Waals surface area contributed by atoms with E-state index in [-0.39, 0.29) is 11.1 Å². The number of benzene rings is 1. The second-order valence-corrected chi connectivity index (χ2v) is 4.89. The number of nitrogens with zero attached hydrogens (tertiary/aromatic N) is 2. The number of aromatic nitrogens is 1. The van der Waals surface area contributed by atoms with Crippen LogP contribution in [0.3, 0.4) is 0 Å². The van der Waals surface area contributed by atoms with Gasteiger partial charge in [0.25, 0.3) is 5.56 Å². The molecule has 108 valence electrons. The first-order valence-electron chi connectivity index (χ1n) is 6.91. The molecule has 0 atom stereocenters. The third kappa shape index (κ3) is 2.82. The predicted octanol–water partition coefficient (Wildman–Crippen LogP) is 3.11. The van der Waals surface area contributed by atoms with E-state index in [4.69, 9.17) is 10.00 Å².